The molecule has 3 nitrogen and oxygen atoms in total. The van der Waals surface area contributed by atoms with Crippen LogP contribution in [0.5, 0.6) is 5.75 Å². The summed E-state index contributed by atoms with van der Waals surface area (Å²) in [5, 5.41) is 0. The van der Waals surface area contributed by atoms with Gasteiger partial charge in [-0.1, -0.05) is 0 Å². The van der Waals surface area contributed by atoms with Gasteiger partial charge in [-0.25, -0.2) is 0 Å². The summed E-state index contributed by atoms with van der Waals surface area (Å²) in [7, 11) is 3.10. The molecule has 2 rings (SSSR count). The lowest BCUT2D eigenvalue weighted by Gasteiger charge is -2.14. The second-order valence-electron chi connectivity index (χ2n) is 4.22. The molecule has 17 heavy (non-hydrogen) atoms. The normalized spacial score (nSPS) is 16.4. The number of ether oxygens (including phenoxy) is 2. The van der Waals surface area contributed by atoms with Gasteiger partial charge in [0.25, 0.3) is 0 Å². The summed E-state index contributed by atoms with van der Waals surface area (Å²) >= 11 is 1.61. The third-order valence-electron chi connectivity index (χ3n) is 2.95. The van der Waals surface area contributed by atoms with Gasteiger partial charge < -0.3 is 9.47 Å². The van der Waals surface area contributed by atoms with Crippen molar-refractivity contribution in [2.24, 2.45) is 0 Å². The SMILES string of the molecule is COC(=O)C1(Sc2ccc(OC)cc2C)CC1. The van der Waals surface area contributed by atoms with Gasteiger partial charge in [-0.15, -0.1) is 11.8 Å². The number of rotatable bonds is 4. The monoisotopic (exact) mass is 252 g/mol. The van der Waals surface area contributed by atoms with E-state index in [1.54, 1.807) is 18.9 Å². The minimum Gasteiger partial charge on any atom is -0.497 e. The van der Waals surface area contributed by atoms with Crippen LogP contribution >= 0.6 is 11.8 Å². The summed E-state index contributed by atoms with van der Waals surface area (Å²) in [5.41, 5.74) is 1.13. The summed E-state index contributed by atoms with van der Waals surface area (Å²) in [4.78, 5) is 12.8. The van der Waals surface area contributed by atoms with E-state index >= 15 is 0 Å². The van der Waals surface area contributed by atoms with Crippen LogP contribution in [-0.4, -0.2) is 24.9 Å². The van der Waals surface area contributed by atoms with Gasteiger partial charge in [0.2, 0.25) is 0 Å². The molecule has 4 heteroatoms. The van der Waals surface area contributed by atoms with Crippen LogP contribution in [0.4, 0.5) is 0 Å². The number of hydrogen-bond acceptors (Lipinski definition) is 4. The minimum absolute atomic E-state index is 0.113. The molecule has 0 amide bonds. The molecule has 0 atom stereocenters. The molecule has 0 heterocycles. The lowest BCUT2D eigenvalue weighted by Crippen LogP contribution is -2.20. The van der Waals surface area contributed by atoms with Crippen LogP contribution in [0.3, 0.4) is 0 Å². The quantitative estimate of drug-likeness (QED) is 0.772. The molecule has 1 aliphatic rings. The minimum atomic E-state index is -0.339. The van der Waals surface area contributed by atoms with Gasteiger partial charge in [-0.2, -0.15) is 0 Å². The van der Waals surface area contributed by atoms with E-state index in [-0.39, 0.29) is 10.7 Å². The smallest absolute Gasteiger partial charge is 0.322 e. The highest BCUT2D eigenvalue weighted by molar-refractivity contribution is 8.01. The third-order valence-corrected chi connectivity index (χ3v) is 4.59. The Labute approximate surface area is 105 Å². The van der Waals surface area contributed by atoms with E-state index in [2.05, 4.69) is 0 Å². The zero-order valence-electron chi connectivity index (χ0n) is 10.3. The Morgan fingerprint density at radius 2 is 2.06 bits per heavy atom. The maximum Gasteiger partial charge on any atom is 0.322 e. The first-order valence-electron chi connectivity index (χ1n) is 5.53. The van der Waals surface area contributed by atoms with Gasteiger partial charge in [-0.3, -0.25) is 4.79 Å². The van der Waals surface area contributed by atoms with Gasteiger partial charge in [0.1, 0.15) is 10.5 Å². The van der Waals surface area contributed by atoms with Crippen molar-refractivity contribution < 1.29 is 14.3 Å². The fourth-order valence-electron chi connectivity index (χ4n) is 1.72. The largest absolute Gasteiger partial charge is 0.497 e. The highest BCUT2D eigenvalue weighted by atomic mass is 32.2. The number of carbonyl (C=O) groups is 1. The van der Waals surface area contributed by atoms with Gasteiger partial charge >= 0.3 is 5.97 Å². The molecule has 0 unspecified atom stereocenters. The number of hydrogen-bond donors (Lipinski definition) is 0. The summed E-state index contributed by atoms with van der Waals surface area (Å²) < 4.78 is 9.67. The average Bonchev–Trinajstić information content (AvgIpc) is 3.11. The lowest BCUT2D eigenvalue weighted by atomic mass is 10.2. The van der Waals surface area contributed by atoms with E-state index in [0.717, 1.165) is 29.1 Å². The van der Waals surface area contributed by atoms with E-state index in [9.17, 15) is 4.79 Å². The topological polar surface area (TPSA) is 35.5 Å². The van der Waals surface area contributed by atoms with Gasteiger partial charge in [0.15, 0.2) is 0 Å². The number of thioether (sulfide) groups is 1. The van der Waals surface area contributed by atoms with Gasteiger partial charge in [0.05, 0.1) is 14.2 Å². The lowest BCUT2D eigenvalue weighted by molar-refractivity contribution is -0.140. The highest BCUT2D eigenvalue weighted by Gasteiger charge is 2.52. The van der Waals surface area contributed by atoms with Crippen molar-refractivity contribution in [3.8, 4) is 5.75 Å². The molecule has 0 saturated heterocycles. The maximum absolute atomic E-state index is 11.7. The molecule has 1 aliphatic carbocycles. The van der Waals surface area contributed by atoms with E-state index in [1.807, 2.05) is 25.1 Å². The van der Waals surface area contributed by atoms with Crippen LogP contribution in [-0.2, 0) is 9.53 Å². The van der Waals surface area contributed by atoms with Crippen molar-refractivity contribution in [2.45, 2.75) is 29.4 Å². The Hall–Kier alpha value is -1.16. The van der Waals surface area contributed by atoms with Crippen molar-refractivity contribution >= 4 is 17.7 Å². The Balaban J connectivity index is 2.17. The van der Waals surface area contributed by atoms with Crippen LogP contribution in [0.25, 0.3) is 0 Å². The number of methoxy groups -OCH3 is 2. The summed E-state index contributed by atoms with van der Waals surface area (Å²) in [5.74, 6) is 0.729. The maximum atomic E-state index is 11.7. The standard InChI is InChI=1S/C13H16O3S/c1-9-8-10(15-2)4-5-11(9)17-13(6-7-13)12(14)16-3/h4-5,8H,6-7H2,1-3H3. The molecule has 0 aliphatic heterocycles. The molecular weight excluding hydrogens is 236 g/mol. The average molecular weight is 252 g/mol. The number of benzene rings is 1. The Bertz CT molecular complexity index is 438. The van der Waals surface area contributed by atoms with Crippen LogP contribution in [0.1, 0.15) is 18.4 Å². The number of carbonyl (C=O) groups excluding carboxylic acids is 1. The van der Waals surface area contributed by atoms with E-state index in [0.29, 0.717) is 0 Å². The molecule has 1 fully saturated rings. The summed E-state index contributed by atoms with van der Waals surface area (Å²) in [6.45, 7) is 2.03. The second-order valence-corrected chi connectivity index (χ2v) is 5.64. The molecule has 0 bridgehead atoms. The van der Waals surface area contributed by atoms with Gasteiger partial charge in [-0.05, 0) is 43.5 Å². The molecule has 1 aromatic carbocycles. The van der Waals surface area contributed by atoms with Crippen molar-refractivity contribution in [3.63, 3.8) is 0 Å². The highest BCUT2D eigenvalue weighted by Crippen LogP contribution is 2.53. The van der Waals surface area contributed by atoms with Crippen LogP contribution < -0.4 is 4.74 Å². The van der Waals surface area contributed by atoms with Crippen molar-refractivity contribution in [1.82, 2.24) is 0 Å². The Kier molecular flexibility index (Phi) is 3.33. The van der Waals surface area contributed by atoms with E-state index < -0.39 is 0 Å². The Morgan fingerprint density at radius 1 is 1.35 bits per heavy atom. The van der Waals surface area contributed by atoms with Crippen LogP contribution in [0.15, 0.2) is 23.1 Å². The molecular formula is C13H16O3S. The first-order valence-corrected chi connectivity index (χ1v) is 6.35. The molecule has 1 saturated carbocycles. The van der Waals surface area contributed by atoms with Crippen molar-refractivity contribution in [2.75, 3.05) is 14.2 Å². The summed E-state index contributed by atoms with van der Waals surface area (Å²) in [6.07, 6.45) is 1.80. The molecule has 1 aromatic rings. The molecule has 92 valence electrons. The molecule has 0 radical (unpaired) electrons. The molecule has 0 aromatic heterocycles. The zero-order chi connectivity index (χ0) is 12.5. The van der Waals surface area contributed by atoms with Crippen molar-refractivity contribution in [1.29, 1.82) is 0 Å². The predicted octanol–water partition coefficient (Wildman–Crippen LogP) is 2.80. The first-order chi connectivity index (χ1) is 8.11. The first kappa shape index (κ1) is 12.3. The fraction of sp³-hybridized carbons (Fsp3) is 0.462. The van der Waals surface area contributed by atoms with E-state index in [4.69, 9.17) is 9.47 Å². The van der Waals surface area contributed by atoms with Crippen LogP contribution in [0.2, 0.25) is 0 Å². The fourth-order valence-corrected chi connectivity index (χ4v) is 2.97. The zero-order valence-corrected chi connectivity index (χ0v) is 11.1. The predicted molar refractivity (Wildman–Crippen MR) is 67.6 cm³/mol. The molecule has 0 spiro atoms. The third kappa shape index (κ3) is 2.41. The molecule has 0 N–H and O–H groups in total. The Morgan fingerprint density at radius 3 is 2.53 bits per heavy atom. The van der Waals surface area contributed by atoms with E-state index in [1.165, 1.54) is 7.11 Å². The van der Waals surface area contributed by atoms with Gasteiger partial charge in [0, 0.05) is 4.90 Å². The number of esters is 1. The van der Waals surface area contributed by atoms with Crippen LogP contribution in [0, 0.1) is 6.92 Å². The summed E-state index contributed by atoms with van der Waals surface area (Å²) in [6, 6.07) is 5.90. The number of aryl methyl sites for hydroxylation is 1. The van der Waals surface area contributed by atoms with Crippen molar-refractivity contribution in [3.05, 3.63) is 23.8 Å². The second kappa shape index (κ2) is 4.61.